The van der Waals surface area contributed by atoms with Crippen LogP contribution in [0, 0.1) is 0 Å². The topological polar surface area (TPSA) is 0 Å². The van der Waals surface area contributed by atoms with Gasteiger partial charge < -0.3 is 0 Å². The number of rotatable bonds is 3. The molecular weight excluding hydrogens is 737 g/mol. The molecule has 0 aliphatic rings. The van der Waals surface area contributed by atoms with Crippen LogP contribution in [-0.4, -0.2) is 0 Å². The fourth-order valence-corrected chi connectivity index (χ4v) is 12.4. The minimum Gasteiger partial charge on any atom is -0.135 e. The molecule has 0 N–H and O–H groups in total. The van der Waals surface area contributed by atoms with E-state index in [0.29, 0.717) is 0 Å². The van der Waals surface area contributed by atoms with Gasteiger partial charge in [0.15, 0.2) is 0 Å². The van der Waals surface area contributed by atoms with Gasteiger partial charge in [0.1, 0.15) is 0 Å². The van der Waals surface area contributed by atoms with Crippen LogP contribution in [0.4, 0.5) is 0 Å². The second-order valence-corrected chi connectivity index (χ2v) is 17.6. The highest BCUT2D eigenvalue weighted by atomic mass is 32.1. The van der Waals surface area contributed by atoms with Gasteiger partial charge in [0.05, 0.1) is 0 Å². The summed E-state index contributed by atoms with van der Waals surface area (Å²) in [5, 5.41) is 18.2. The summed E-state index contributed by atoms with van der Waals surface area (Å²) in [5.74, 6) is 0. The molecule has 13 rings (SSSR count). The average Bonchev–Trinajstić information content (AvgIpc) is 3.86. The molecule has 0 fully saturated rings. The largest absolute Gasteiger partial charge is 0.135 e. The second kappa shape index (κ2) is 12.3. The quantitative estimate of drug-likeness (QED) is 0.157. The Kier molecular flexibility index (Phi) is 6.86. The lowest BCUT2D eigenvalue weighted by atomic mass is 9.84. The third-order valence-corrected chi connectivity index (χ3v) is 14.7. The van der Waals surface area contributed by atoms with E-state index in [0.717, 1.165) is 0 Å². The van der Waals surface area contributed by atoms with Crippen LogP contribution in [-0.2, 0) is 0 Å². The van der Waals surface area contributed by atoms with Crippen molar-refractivity contribution in [2.75, 3.05) is 0 Å². The summed E-state index contributed by atoms with van der Waals surface area (Å²) < 4.78 is 5.44. The molecule has 0 aliphatic heterocycles. The zero-order chi connectivity index (χ0) is 37.9. The van der Waals surface area contributed by atoms with Gasteiger partial charge in [-0.3, -0.25) is 0 Å². The lowest BCUT2D eigenvalue weighted by Gasteiger charge is -2.19. The van der Waals surface area contributed by atoms with Crippen LogP contribution in [0.3, 0.4) is 0 Å². The first kappa shape index (κ1) is 32.3. The van der Waals surface area contributed by atoms with Gasteiger partial charge in [-0.1, -0.05) is 164 Å². The van der Waals surface area contributed by atoms with E-state index < -0.39 is 0 Å². The summed E-state index contributed by atoms with van der Waals surface area (Å²) in [6, 6.07) is 72.5. The lowest BCUT2D eigenvalue weighted by Crippen LogP contribution is -1.91. The Balaban J connectivity index is 0.991. The number of hydrogen-bond donors (Lipinski definition) is 0. The normalized spacial score (nSPS) is 12.1. The van der Waals surface area contributed by atoms with Crippen LogP contribution in [0.25, 0.3) is 128 Å². The van der Waals surface area contributed by atoms with E-state index in [1.165, 1.54) is 128 Å². The first-order valence-electron chi connectivity index (χ1n) is 19.9. The minimum absolute atomic E-state index is 1.24. The summed E-state index contributed by atoms with van der Waals surface area (Å²) in [4.78, 5) is 0. The van der Waals surface area contributed by atoms with Crippen molar-refractivity contribution >= 4 is 117 Å². The molecule has 13 aromatic rings. The summed E-state index contributed by atoms with van der Waals surface area (Å²) in [7, 11) is 0. The van der Waals surface area contributed by atoms with Gasteiger partial charge in [-0.15, -0.1) is 22.7 Å². The van der Waals surface area contributed by atoms with Crippen molar-refractivity contribution in [1.82, 2.24) is 0 Å². The van der Waals surface area contributed by atoms with E-state index in [9.17, 15) is 0 Å². The zero-order valence-corrected chi connectivity index (χ0v) is 32.9. The second-order valence-electron chi connectivity index (χ2n) is 15.5. The van der Waals surface area contributed by atoms with Crippen molar-refractivity contribution in [1.29, 1.82) is 0 Å². The lowest BCUT2D eigenvalue weighted by molar-refractivity contribution is 1.68. The third kappa shape index (κ3) is 4.62. The standard InChI is InChI=1S/C56H32S2/c1-2-14-38-33(12-1)13-11-22-41(38)53-45-20-7-5-18-43(45)52(44-19-6-8-21-46(44)53)37-27-25-34-30-36(26-24-35(34)31-37)48-32-51-54(42-17-4-3-15-39(42)48)55-50(57-51)29-28-47-40-16-9-10-23-49(40)58-56(47)55/h1-32H. The van der Waals surface area contributed by atoms with Gasteiger partial charge >= 0.3 is 0 Å². The highest BCUT2D eigenvalue weighted by molar-refractivity contribution is 7.30. The fraction of sp³-hybridized carbons (Fsp3) is 0. The number of thiophene rings is 2. The summed E-state index contributed by atoms with van der Waals surface area (Å²) >= 11 is 3.85. The van der Waals surface area contributed by atoms with Crippen molar-refractivity contribution in [2.24, 2.45) is 0 Å². The Morgan fingerprint density at radius 1 is 0.259 bits per heavy atom. The molecule has 2 aromatic heterocycles. The highest BCUT2D eigenvalue weighted by Gasteiger charge is 2.20. The molecule has 11 aromatic carbocycles. The SMILES string of the molecule is c1ccc2c(-c3c4ccccc4c(-c4ccc5cc(-c6cc7sc8ccc9c%10ccccc%10sc9c8c7c7ccccc67)ccc5c4)c4ccccc34)cccc2c1. The molecule has 268 valence electrons. The predicted octanol–water partition coefficient (Wildman–Crippen LogP) is 17.2. The maximum Gasteiger partial charge on any atom is 0.0448 e. The molecule has 0 amide bonds. The van der Waals surface area contributed by atoms with E-state index in [2.05, 4.69) is 194 Å². The average molecular weight is 769 g/mol. The van der Waals surface area contributed by atoms with Crippen molar-refractivity contribution in [3.8, 4) is 33.4 Å². The molecule has 2 heteroatoms. The van der Waals surface area contributed by atoms with Crippen LogP contribution in [0.15, 0.2) is 194 Å². The van der Waals surface area contributed by atoms with Crippen molar-refractivity contribution in [3.05, 3.63) is 194 Å². The number of hydrogen-bond acceptors (Lipinski definition) is 2. The predicted molar refractivity (Wildman–Crippen MR) is 256 cm³/mol. The first-order chi connectivity index (χ1) is 28.8. The fourth-order valence-electron chi connectivity index (χ4n) is 9.88. The Hall–Kier alpha value is -6.84. The van der Waals surface area contributed by atoms with Gasteiger partial charge in [-0.05, 0) is 118 Å². The Labute approximate surface area is 342 Å². The van der Waals surface area contributed by atoms with E-state index in [-0.39, 0.29) is 0 Å². The minimum atomic E-state index is 1.24. The van der Waals surface area contributed by atoms with Crippen LogP contribution in [0.2, 0.25) is 0 Å². The first-order valence-corrected chi connectivity index (χ1v) is 21.5. The van der Waals surface area contributed by atoms with Gasteiger partial charge in [-0.2, -0.15) is 0 Å². The molecule has 0 nitrogen and oxygen atoms in total. The molecule has 2 heterocycles. The van der Waals surface area contributed by atoms with Crippen LogP contribution in [0.5, 0.6) is 0 Å². The smallest absolute Gasteiger partial charge is 0.0448 e. The molecular formula is C56H32S2. The molecule has 0 radical (unpaired) electrons. The van der Waals surface area contributed by atoms with E-state index in [4.69, 9.17) is 0 Å². The Morgan fingerprint density at radius 2 is 0.845 bits per heavy atom. The van der Waals surface area contributed by atoms with Gasteiger partial charge in [0.2, 0.25) is 0 Å². The van der Waals surface area contributed by atoms with Crippen LogP contribution >= 0.6 is 22.7 Å². The van der Waals surface area contributed by atoms with E-state index >= 15 is 0 Å². The van der Waals surface area contributed by atoms with Gasteiger partial charge in [-0.25, -0.2) is 0 Å². The van der Waals surface area contributed by atoms with Crippen LogP contribution < -0.4 is 0 Å². The molecule has 0 aliphatic carbocycles. The van der Waals surface area contributed by atoms with Gasteiger partial charge in [0, 0.05) is 40.3 Å². The van der Waals surface area contributed by atoms with E-state index in [1.54, 1.807) is 0 Å². The van der Waals surface area contributed by atoms with Gasteiger partial charge in [0.25, 0.3) is 0 Å². The molecule has 0 spiro atoms. The maximum atomic E-state index is 2.45. The van der Waals surface area contributed by atoms with Crippen molar-refractivity contribution < 1.29 is 0 Å². The Bertz CT molecular complexity index is 3800. The molecule has 0 saturated heterocycles. The van der Waals surface area contributed by atoms with Crippen molar-refractivity contribution in [2.45, 2.75) is 0 Å². The molecule has 0 bridgehead atoms. The summed E-state index contributed by atoms with van der Waals surface area (Å²) in [6.07, 6.45) is 0. The summed E-state index contributed by atoms with van der Waals surface area (Å²) in [6.45, 7) is 0. The monoisotopic (exact) mass is 768 g/mol. The summed E-state index contributed by atoms with van der Waals surface area (Å²) in [5.41, 5.74) is 7.63. The number of fused-ring (bicyclic) bond motifs is 13. The maximum absolute atomic E-state index is 2.45. The molecule has 0 saturated carbocycles. The zero-order valence-electron chi connectivity index (χ0n) is 31.3. The molecule has 58 heavy (non-hydrogen) atoms. The van der Waals surface area contributed by atoms with E-state index in [1.807, 2.05) is 22.7 Å². The van der Waals surface area contributed by atoms with Crippen molar-refractivity contribution in [3.63, 3.8) is 0 Å². The molecule has 0 unspecified atom stereocenters. The van der Waals surface area contributed by atoms with Crippen LogP contribution in [0.1, 0.15) is 0 Å². The molecule has 0 atom stereocenters. The number of benzene rings is 11. The Morgan fingerprint density at radius 3 is 1.60 bits per heavy atom. The third-order valence-electron chi connectivity index (χ3n) is 12.4. The highest BCUT2D eigenvalue weighted by Crippen LogP contribution is 2.49.